The van der Waals surface area contributed by atoms with Crippen molar-refractivity contribution in [2.24, 2.45) is 0 Å². The van der Waals surface area contributed by atoms with Gasteiger partial charge in [0, 0.05) is 18.7 Å². The molecule has 2 N–H and O–H groups in total. The number of likely N-dealkylation sites (N-methyl/N-ethyl adjacent to an activating group) is 1. The third-order valence-corrected chi connectivity index (χ3v) is 4.65. The van der Waals surface area contributed by atoms with Crippen LogP contribution >= 0.6 is 0 Å². The molecule has 0 atom stereocenters. The van der Waals surface area contributed by atoms with Crippen molar-refractivity contribution in [2.45, 2.75) is 39.5 Å². The van der Waals surface area contributed by atoms with Gasteiger partial charge in [-0.05, 0) is 61.2 Å². The second-order valence-corrected chi connectivity index (χ2v) is 6.83. The molecule has 0 aromatic heterocycles. The molecule has 2 aromatic rings. The normalized spacial score (nSPS) is 14.0. The number of nitrogens with zero attached hydrogens (tertiary/aromatic N) is 1. The summed E-state index contributed by atoms with van der Waals surface area (Å²) in [6, 6.07) is 6.17. The van der Waals surface area contributed by atoms with Crippen molar-refractivity contribution in [1.82, 2.24) is 0 Å². The Bertz CT molecular complexity index is 864. The fourth-order valence-electron chi connectivity index (χ4n) is 3.65. The molecular weight excluding hydrogens is 340 g/mol. The van der Waals surface area contributed by atoms with Crippen LogP contribution in [-0.2, 0) is 17.6 Å². The van der Waals surface area contributed by atoms with E-state index in [0.717, 1.165) is 23.7 Å². The summed E-state index contributed by atoms with van der Waals surface area (Å²) in [5, 5.41) is 20.9. The molecule has 1 heterocycles. The van der Waals surface area contributed by atoms with Crippen molar-refractivity contribution >= 4 is 11.6 Å². The lowest BCUT2D eigenvalue weighted by Crippen LogP contribution is -2.25. The molecule has 2 aromatic carbocycles. The van der Waals surface area contributed by atoms with Crippen LogP contribution in [0.3, 0.4) is 0 Å². The van der Waals surface area contributed by atoms with Gasteiger partial charge in [-0.1, -0.05) is 6.07 Å². The fourth-order valence-corrected chi connectivity index (χ4v) is 3.65. The smallest absolute Gasteiger partial charge is 0.249 e. The van der Waals surface area contributed by atoms with E-state index in [-0.39, 0.29) is 35.0 Å². The summed E-state index contributed by atoms with van der Waals surface area (Å²) in [7, 11) is 0. The number of alkyl halides is 2. The standard InChI is InChI=1S/C20H21F2NO3/c1-4-23-14-6-5-11(2)18(13(14)9-17(23)26)19-15(24)7-12(8-16(19)25)10-20(3,21)22/h5-8,24-25H,4,9-10H2,1-3H3. The number of amides is 1. The van der Waals surface area contributed by atoms with Crippen LogP contribution in [0.5, 0.6) is 11.5 Å². The molecule has 4 nitrogen and oxygen atoms in total. The first-order chi connectivity index (χ1) is 12.1. The lowest BCUT2D eigenvalue weighted by atomic mass is 9.90. The van der Waals surface area contributed by atoms with E-state index >= 15 is 0 Å². The van der Waals surface area contributed by atoms with Crippen molar-refractivity contribution in [3.63, 3.8) is 0 Å². The first-order valence-electron chi connectivity index (χ1n) is 8.48. The maximum atomic E-state index is 13.3. The van der Waals surface area contributed by atoms with E-state index in [0.29, 0.717) is 12.1 Å². The Morgan fingerprint density at radius 2 is 1.77 bits per heavy atom. The van der Waals surface area contributed by atoms with Gasteiger partial charge < -0.3 is 15.1 Å². The van der Waals surface area contributed by atoms with Crippen molar-refractivity contribution in [2.75, 3.05) is 11.4 Å². The van der Waals surface area contributed by atoms with Gasteiger partial charge in [-0.3, -0.25) is 4.79 Å². The number of aromatic hydroxyl groups is 2. The minimum atomic E-state index is -2.95. The molecule has 1 amide bonds. The number of anilines is 1. The van der Waals surface area contributed by atoms with E-state index in [4.69, 9.17) is 0 Å². The molecule has 0 radical (unpaired) electrons. The Kier molecular flexibility index (Phi) is 4.38. The first kappa shape index (κ1) is 18.2. The minimum Gasteiger partial charge on any atom is -0.507 e. The average molecular weight is 361 g/mol. The van der Waals surface area contributed by atoms with Crippen LogP contribution in [0.2, 0.25) is 0 Å². The maximum absolute atomic E-state index is 13.3. The maximum Gasteiger partial charge on any atom is 0.249 e. The fraction of sp³-hybridized carbons (Fsp3) is 0.350. The van der Waals surface area contributed by atoms with Gasteiger partial charge in [-0.25, -0.2) is 8.78 Å². The van der Waals surface area contributed by atoms with Crippen LogP contribution < -0.4 is 4.90 Å². The Balaban J connectivity index is 2.17. The topological polar surface area (TPSA) is 60.8 Å². The third-order valence-electron chi connectivity index (χ3n) is 4.65. The number of benzene rings is 2. The number of halogens is 2. The van der Waals surface area contributed by atoms with Gasteiger partial charge in [-0.15, -0.1) is 0 Å². The summed E-state index contributed by atoms with van der Waals surface area (Å²) in [5.74, 6) is -3.54. The van der Waals surface area contributed by atoms with E-state index in [9.17, 15) is 23.8 Å². The Hall–Kier alpha value is -2.63. The summed E-state index contributed by atoms with van der Waals surface area (Å²) in [5.41, 5.74) is 3.17. The van der Waals surface area contributed by atoms with Crippen molar-refractivity contribution < 1.29 is 23.8 Å². The predicted octanol–water partition coefficient (Wildman–Crippen LogP) is 4.18. The lowest BCUT2D eigenvalue weighted by Gasteiger charge is -2.19. The summed E-state index contributed by atoms with van der Waals surface area (Å²) < 4.78 is 26.5. The quantitative estimate of drug-likeness (QED) is 0.859. The number of aryl methyl sites for hydroxylation is 1. The number of hydrogen-bond donors (Lipinski definition) is 2. The van der Waals surface area contributed by atoms with Gasteiger partial charge in [-0.2, -0.15) is 0 Å². The summed E-state index contributed by atoms with van der Waals surface area (Å²) in [6.45, 7) is 5.01. The SMILES string of the molecule is CCN1C(=O)Cc2c1ccc(C)c2-c1c(O)cc(CC(C)(F)F)cc1O. The highest BCUT2D eigenvalue weighted by Gasteiger charge is 2.31. The summed E-state index contributed by atoms with van der Waals surface area (Å²) in [6.07, 6.45) is -0.407. The zero-order valence-corrected chi connectivity index (χ0v) is 14.9. The molecule has 1 aliphatic rings. The highest BCUT2D eigenvalue weighted by molar-refractivity contribution is 6.05. The molecule has 1 aliphatic heterocycles. The number of fused-ring (bicyclic) bond motifs is 1. The molecule has 6 heteroatoms. The molecular formula is C20H21F2NO3. The molecule has 0 unspecified atom stereocenters. The molecule has 0 aliphatic carbocycles. The third kappa shape index (κ3) is 3.11. The Morgan fingerprint density at radius 1 is 1.15 bits per heavy atom. The van der Waals surface area contributed by atoms with E-state index in [2.05, 4.69) is 0 Å². The van der Waals surface area contributed by atoms with Crippen molar-refractivity contribution in [3.05, 3.63) is 41.0 Å². The van der Waals surface area contributed by atoms with Crippen LogP contribution in [0.25, 0.3) is 11.1 Å². The van der Waals surface area contributed by atoms with Gasteiger partial charge in [0.25, 0.3) is 0 Å². The number of carbonyl (C=O) groups is 1. The Morgan fingerprint density at radius 3 is 2.31 bits per heavy atom. The van der Waals surface area contributed by atoms with E-state index in [1.807, 2.05) is 26.0 Å². The summed E-state index contributed by atoms with van der Waals surface area (Å²) >= 11 is 0. The monoisotopic (exact) mass is 361 g/mol. The highest BCUT2D eigenvalue weighted by atomic mass is 19.3. The molecule has 0 spiro atoms. The molecule has 0 bridgehead atoms. The van der Waals surface area contributed by atoms with Crippen LogP contribution in [-0.4, -0.2) is 28.6 Å². The zero-order chi connectivity index (χ0) is 19.2. The van der Waals surface area contributed by atoms with Crippen LogP contribution in [0.15, 0.2) is 24.3 Å². The number of phenolic OH excluding ortho intramolecular Hbond substituents is 2. The molecule has 138 valence electrons. The largest absolute Gasteiger partial charge is 0.507 e. The van der Waals surface area contributed by atoms with Crippen LogP contribution in [0.1, 0.15) is 30.5 Å². The summed E-state index contributed by atoms with van der Waals surface area (Å²) in [4.78, 5) is 13.9. The second-order valence-electron chi connectivity index (χ2n) is 6.83. The number of rotatable bonds is 4. The molecule has 3 rings (SSSR count). The average Bonchev–Trinajstić information content (AvgIpc) is 2.82. The van der Waals surface area contributed by atoms with Gasteiger partial charge >= 0.3 is 0 Å². The van der Waals surface area contributed by atoms with Gasteiger partial charge in [0.15, 0.2) is 0 Å². The van der Waals surface area contributed by atoms with Crippen LogP contribution in [0, 0.1) is 6.92 Å². The molecule has 0 saturated carbocycles. The molecule has 0 saturated heterocycles. The molecule has 26 heavy (non-hydrogen) atoms. The van der Waals surface area contributed by atoms with E-state index in [1.54, 1.807) is 4.90 Å². The second kappa shape index (κ2) is 6.27. The lowest BCUT2D eigenvalue weighted by molar-refractivity contribution is -0.117. The van der Waals surface area contributed by atoms with E-state index < -0.39 is 12.3 Å². The van der Waals surface area contributed by atoms with Crippen molar-refractivity contribution in [3.8, 4) is 22.6 Å². The predicted molar refractivity (Wildman–Crippen MR) is 96.0 cm³/mol. The highest BCUT2D eigenvalue weighted by Crippen LogP contribution is 2.46. The Labute approximate surface area is 150 Å². The number of hydrogen-bond acceptors (Lipinski definition) is 3. The van der Waals surface area contributed by atoms with Gasteiger partial charge in [0.05, 0.1) is 12.0 Å². The first-order valence-corrected chi connectivity index (χ1v) is 8.48. The van der Waals surface area contributed by atoms with Gasteiger partial charge in [0.2, 0.25) is 11.8 Å². The van der Waals surface area contributed by atoms with Crippen LogP contribution in [0.4, 0.5) is 14.5 Å². The zero-order valence-electron chi connectivity index (χ0n) is 14.9. The minimum absolute atomic E-state index is 0.0458. The van der Waals surface area contributed by atoms with Crippen molar-refractivity contribution in [1.29, 1.82) is 0 Å². The van der Waals surface area contributed by atoms with Gasteiger partial charge in [0.1, 0.15) is 11.5 Å². The number of carbonyl (C=O) groups excluding carboxylic acids is 1. The number of phenols is 2. The van der Waals surface area contributed by atoms with E-state index in [1.165, 1.54) is 12.1 Å². The molecule has 0 fully saturated rings.